The quantitative estimate of drug-likeness (QED) is 0.652. The highest BCUT2D eigenvalue weighted by atomic mass is 14.7. The SMILES string of the molecule is CC(C)(C)c1ccccc1C1=CCC=N1. The van der Waals surface area contributed by atoms with Crippen molar-refractivity contribution in [3.8, 4) is 0 Å². The number of nitrogens with zero attached hydrogens (tertiary/aromatic N) is 1. The highest BCUT2D eigenvalue weighted by Gasteiger charge is 2.19. The number of benzene rings is 1. The van der Waals surface area contributed by atoms with Crippen molar-refractivity contribution in [3.63, 3.8) is 0 Å². The van der Waals surface area contributed by atoms with Crippen molar-refractivity contribution in [1.82, 2.24) is 0 Å². The average molecular weight is 199 g/mol. The predicted molar refractivity (Wildman–Crippen MR) is 66.2 cm³/mol. The zero-order valence-electron chi connectivity index (χ0n) is 9.62. The maximum Gasteiger partial charge on any atom is 0.0664 e. The maximum absolute atomic E-state index is 4.42. The molecule has 1 aromatic carbocycles. The van der Waals surface area contributed by atoms with E-state index in [1.807, 2.05) is 6.21 Å². The summed E-state index contributed by atoms with van der Waals surface area (Å²) >= 11 is 0. The molecule has 1 heterocycles. The van der Waals surface area contributed by atoms with Crippen molar-refractivity contribution in [2.24, 2.45) is 4.99 Å². The van der Waals surface area contributed by atoms with Crippen molar-refractivity contribution in [1.29, 1.82) is 0 Å². The van der Waals surface area contributed by atoms with Crippen LogP contribution in [0.2, 0.25) is 0 Å². The molecule has 0 bridgehead atoms. The van der Waals surface area contributed by atoms with E-state index in [0.717, 1.165) is 12.1 Å². The molecule has 78 valence electrons. The van der Waals surface area contributed by atoms with Crippen LogP contribution in [0.5, 0.6) is 0 Å². The van der Waals surface area contributed by atoms with E-state index in [1.54, 1.807) is 0 Å². The lowest BCUT2D eigenvalue weighted by atomic mass is 9.83. The second-order valence-electron chi connectivity index (χ2n) is 4.93. The number of aliphatic imine (C=N–C) groups is 1. The smallest absolute Gasteiger partial charge is 0.0664 e. The van der Waals surface area contributed by atoms with Crippen LogP contribution >= 0.6 is 0 Å². The summed E-state index contributed by atoms with van der Waals surface area (Å²) in [5.74, 6) is 0. The molecule has 1 aliphatic rings. The monoisotopic (exact) mass is 199 g/mol. The van der Waals surface area contributed by atoms with Crippen LogP contribution in [0.15, 0.2) is 35.3 Å². The molecule has 15 heavy (non-hydrogen) atoms. The first kappa shape index (κ1) is 10.2. The third kappa shape index (κ3) is 2.01. The Bertz CT molecular complexity index is 419. The largest absolute Gasteiger partial charge is 0.261 e. The lowest BCUT2D eigenvalue weighted by Gasteiger charge is -2.22. The molecule has 0 fully saturated rings. The van der Waals surface area contributed by atoms with E-state index in [0.29, 0.717) is 0 Å². The Hall–Kier alpha value is -1.37. The minimum atomic E-state index is 0.176. The molecule has 0 radical (unpaired) electrons. The Morgan fingerprint density at radius 2 is 1.87 bits per heavy atom. The van der Waals surface area contributed by atoms with Gasteiger partial charge in [-0.25, -0.2) is 0 Å². The Morgan fingerprint density at radius 3 is 2.47 bits per heavy atom. The van der Waals surface area contributed by atoms with Gasteiger partial charge in [-0.15, -0.1) is 0 Å². The molecule has 1 heteroatoms. The van der Waals surface area contributed by atoms with E-state index < -0.39 is 0 Å². The highest BCUT2D eigenvalue weighted by Crippen LogP contribution is 2.31. The molecule has 0 amide bonds. The van der Waals surface area contributed by atoms with Crippen LogP contribution in [0.1, 0.15) is 38.3 Å². The normalized spacial score (nSPS) is 15.5. The molecule has 0 unspecified atom stereocenters. The van der Waals surface area contributed by atoms with Crippen LogP contribution in [0.3, 0.4) is 0 Å². The van der Waals surface area contributed by atoms with Crippen LogP contribution in [-0.4, -0.2) is 6.21 Å². The Balaban J connectivity index is 2.52. The second-order valence-corrected chi connectivity index (χ2v) is 4.93. The van der Waals surface area contributed by atoms with Gasteiger partial charge in [0.25, 0.3) is 0 Å². The van der Waals surface area contributed by atoms with Gasteiger partial charge in [0.2, 0.25) is 0 Å². The molecule has 2 rings (SSSR count). The van der Waals surface area contributed by atoms with Crippen molar-refractivity contribution in [2.75, 3.05) is 0 Å². The van der Waals surface area contributed by atoms with Crippen LogP contribution in [-0.2, 0) is 5.41 Å². The molecule has 0 aliphatic carbocycles. The molecular formula is C14H17N. The van der Waals surface area contributed by atoms with E-state index in [1.165, 1.54) is 11.1 Å². The Kier molecular flexibility index (Phi) is 2.47. The van der Waals surface area contributed by atoms with Gasteiger partial charge in [-0.05, 0) is 11.0 Å². The van der Waals surface area contributed by atoms with E-state index >= 15 is 0 Å². The van der Waals surface area contributed by atoms with Crippen LogP contribution in [0.4, 0.5) is 0 Å². The standard InChI is InChI=1S/C14H17N/c1-14(2,3)12-8-5-4-7-11(12)13-9-6-10-15-13/h4-5,7-10H,6H2,1-3H3. The summed E-state index contributed by atoms with van der Waals surface area (Å²) in [7, 11) is 0. The lowest BCUT2D eigenvalue weighted by Crippen LogP contribution is -2.13. The predicted octanol–water partition coefficient (Wildman–Crippen LogP) is 3.80. The van der Waals surface area contributed by atoms with Gasteiger partial charge in [0.05, 0.1) is 5.70 Å². The molecule has 0 spiro atoms. The van der Waals surface area contributed by atoms with Gasteiger partial charge in [0.15, 0.2) is 0 Å². The first-order chi connectivity index (χ1) is 7.09. The number of rotatable bonds is 1. The van der Waals surface area contributed by atoms with Crippen molar-refractivity contribution in [2.45, 2.75) is 32.6 Å². The fourth-order valence-corrected chi connectivity index (χ4v) is 1.91. The van der Waals surface area contributed by atoms with Crippen molar-refractivity contribution in [3.05, 3.63) is 41.5 Å². The maximum atomic E-state index is 4.42. The van der Waals surface area contributed by atoms with Gasteiger partial charge >= 0.3 is 0 Å². The van der Waals surface area contributed by atoms with E-state index in [2.05, 4.69) is 56.1 Å². The third-order valence-corrected chi connectivity index (χ3v) is 2.66. The fourth-order valence-electron chi connectivity index (χ4n) is 1.91. The van der Waals surface area contributed by atoms with Crippen molar-refractivity contribution < 1.29 is 0 Å². The average Bonchev–Trinajstić information content (AvgIpc) is 2.69. The van der Waals surface area contributed by atoms with Gasteiger partial charge in [-0.1, -0.05) is 51.1 Å². The molecule has 1 aromatic rings. The van der Waals surface area contributed by atoms with Gasteiger partial charge in [-0.2, -0.15) is 0 Å². The number of allylic oxidation sites excluding steroid dienone is 1. The number of hydrogen-bond acceptors (Lipinski definition) is 1. The minimum Gasteiger partial charge on any atom is -0.261 e. The summed E-state index contributed by atoms with van der Waals surface area (Å²) in [5, 5.41) is 0. The van der Waals surface area contributed by atoms with Crippen molar-refractivity contribution >= 4 is 11.9 Å². The van der Waals surface area contributed by atoms with Gasteiger partial charge in [-0.3, -0.25) is 4.99 Å². The minimum absolute atomic E-state index is 0.176. The third-order valence-electron chi connectivity index (χ3n) is 2.66. The van der Waals surface area contributed by atoms with E-state index in [9.17, 15) is 0 Å². The summed E-state index contributed by atoms with van der Waals surface area (Å²) in [6.07, 6.45) is 5.12. The summed E-state index contributed by atoms with van der Waals surface area (Å²) in [4.78, 5) is 4.42. The fraction of sp³-hybridized carbons (Fsp3) is 0.357. The van der Waals surface area contributed by atoms with E-state index in [4.69, 9.17) is 0 Å². The summed E-state index contributed by atoms with van der Waals surface area (Å²) in [5.41, 5.74) is 3.95. The molecular weight excluding hydrogens is 182 g/mol. The molecule has 0 N–H and O–H groups in total. The topological polar surface area (TPSA) is 12.4 Å². The molecule has 1 aliphatic heterocycles. The van der Waals surface area contributed by atoms with Gasteiger partial charge in [0.1, 0.15) is 0 Å². The summed E-state index contributed by atoms with van der Waals surface area (Å²) in [6, 6.07) is 8.54. The second kappa shape index (κ2) is 3.65. The zero-order chi connectivity index (χ0) is 10.9. The first-order valence-corrected chi connectivity index (χ1v) is 5.41. The molecule has 0 aromatic heterocycles. The molecule has 0 saturated heterocycles. The summed E-state index contributed by atoms with van der Waals surface area (Å²) < 4.78 is 0. The summed E-state index contributed by atoms with van der Waals surface area (Å²) in [6.45, 7) is 6.72. The Labute approximate surface area is 91.6 Å². The molecule has 0 saturated carbocycles. The first-order valence-electron chi connectivity index (χ1n) is 5.41. The number of hydrogen-bond donors (Lipinski definition) is 0. The van der Waals surface area contributed by atoms with Gasteiger partial charge in [0, 0.05) is 18.2 Å². The zero-order valence-corrected chi connectivity index (χ0v) is 9.62. The highest BCUT2D eigenvalue weighted by molar-refractivity contribution is 5.82. The van der Waals surface area contributed by atoms with Crippen LogP contribution in [0.25, 0.3) is 5.70 Å². The van der Waals surface area contributed by atoms with Crippen LogP contribution in [0, 0.1) is 0 Å². The molecule has 1 nitrogen and oxygen atoms in total. The van der Waals surface area contributed by atoms with Gasteiger partial charge < -0.3 is 0 Å². The molecule has 0 atom stereocenters. The Morgan fingerprint density at radius 1 is 1.13 bits per heavy atom. The lowest BCUT2D eigenvalue weighted by molar-refractivity contribution is 0.588. The van der Waals surface area contributed by atoms with E-state index in [-0.39, 0.29) is 5.41 Å². The van der Waals surface area contributed by atoms with Crippen LogP contribution < -0.4 is 0 Å².